The molecule has 0 saturated carbocycles. The molecule has 0 bridgehead atoms. The topological polar surface area (TPSA) is 97.1 Å². The van der Waals surface area contributed by atoms with Gasteiger partial charge >= 0.3 is 18.3 Å². The molecule has 0 aliphatic heterocycles. The van der Waals surface area contributed by atoms with Gasteiger partial charge in [0, 0.05) is 0 Å². The van der Waals surface area contributed by atoms with Gasteiger partial charge in [-0.25, -0.2) is 9.48 Å². The molecule has 2 N–H and O–H groups in total. The normalized spacial score (nSPS) is 12.9. The number of carboxylic acids is 1. The van der Waals surface area contributed by atoms with Crippen molar-refractivity contribution in [2.45, 2.75) is 31.9 Å². The number of hydrogen-bond donors (Lipinski definition) is 2. The van der Waals surface area contributed by atoms with Crippen LogP contribution in [0.3, 0.4) is 0 Å². The van der Waals surface area contributed by atoms with Crippen molar-refractivity contribution >= 4 is 11.9 Å². The van der Waals surface area contributed by atoms with E-state index in [4.69, 9.17) is 5.11 Å². The van der Waals surface area contributed by atoms with Crippen LogP contribution in [0.2, 0.25) is 0 Å². The number of nitrogens with zero attached hydrogens (tertiary/aromatic N) is 3. The minimum absolute atomic E-state index is 0.00663. The SMILES string of the molecule is C[C@H](NC(=O)c1nnn(Cc2ccc(C(F)(F)F)cc2)c1C(F)(F)F)c1ccc(C(=O)O)cc1. The summed E-state index contributed by atoms with van der Waals surface area (Å²) >= 11 is 0. The fraction of sp³-hybridized carbons (Fsp3) is 0.238. The summed E-state index contributed by atoms with van der Waals surface area (Å²) in [6.07, 6.45) is -9.63. The van der Waals surface area contributed by atoms with Gasteiger partial charge in [-0.3, -0.25) is 4.79 Å². The minimum atomic E-state index is -5.03. The van der Waals surface area contributed by atoms with Crippen molar-refractivity contribution in [1.29, 1.82) is 0 Å². The molecular formula is C21H16F6N4O3. The van der Waals surface area contributed by atoms with Crippen LogP contribution < -0.4 is 5.32 Å². The molecule has 7 nitrogen and oxygen atoms in total. The lowest BCUT2D eigenvalue weighted by Crippen LogP contribution is -2.29. The second-order valence-electron chi connectivity index (χ2n) is 7.26. The number of hydrogen-bond acceptors (Lipinski definition) is 4. The Morgan fingerprint density at radius 3 is 2.06 bits per heavy atom. The Bertz CT molecular complexity index is 1190. The Labute approximate surface area is 188 Å². The highest BCUT2D eigenvalue weighted by atomic mass is 19.4. The highest BCUT2D eigenvalue weighted by Gasteiger charge is 2.41. The lowest BCUT2D eigenvalue weighted by atomic mass is 10.1. The third-order valence-electron chi connectivity index (χ3n) is 4.84. The van der Waals surface area contributed by atoms with Crippen molar-refractivity contribution in [1.82, 2.24) is 20.3 Å². The van der Waals surface area contributed by atoms with Gasteiger partial charge in [0.2, 0.25) is 0 Å². The molecule has 0 radical (unpaired) electrons. The van der Waals surface area contributed by atoms with E-state index in [1.165, 1.54) is 31.2 Å². The van der Waals surface area contributed by atoms with Crippen LogP contribution in [-0.4, -0.2) is 32.0 Å². The Hall–Kier alpha value is -3.90. The van der Waals surface area contributed by atoms with Crippen molar-refractivity contribution in [3.8, 4) is 0 Å². The van der Waals surface area contributed by atoms with Gasteiger partial charge < -0.3 is 10.4 Å². The Kier molecular flexibility index (Phi) is 6.66. The quantitative estimate of drug-likeness (QED) is 0.499. The zero-order chi connectivity index (χ0) is 25.3. The van der Waals surface area contributed by atoms with E-state index in [0.717, 1.165) is 24.3 Å². The van der Waals surface area contributed by atoms with E-state index in [2.05, 4.69) is 15.6 Å². The Morgan fingerprint density at radius 1 is 0.971 bits per heavy atom. The van der Waals surface area contributed by atoms with Gasteiger partial charge in [-0.1, -0.05) is 29.5 Å². The van der Waals surface area contributed by atoms with Gasteiger partial charge in [0.15, 0.2) is 11.4 Å². The third kappa shape index (κ3) is 5.53. The highest BCUT2D eigenvalue weighted by molar-refractivity contribution is 5.93. The van der Waals surface area contributed by atoms with Gasteiger partial charge in [-0.15, -0.1) is 5.10 Å². The van der Waals surface area contributed by atoms with E-state index >= 15 is 0 Å². The summed E-state index contributed by atoms with van der Waals surface area (Å²) in [4.78, 5) is 23.5. The average molecular weight is 486 g/mol. The lowest BCUT2D eigenvalue weighted by Gasteiger charge is -2.15. The first-order valence-electron chi connectivity index (χ1n) is 9.58. The van der Waals surface area contributed by atoms with Gasteiger partial charge in [0.1, 0.15) is 0 Å². The number of alkyl halides is 6. The van der Waals surface area contributed by atoms with Crippen LogP contribution >= 0.6 is 0 Å². The van der Waals surface area contributed by atoms with Crippen LogP contribution in [0, 0.1) is 0 Å². The molecule has 0 aliphatic rings. The maximum absolute atomic E-state index is 13.7. The third-order valence-corrected chi connectivity index (χ3v) is 4.84. The van der Waals surface area contributed by atoms with Gasteiger partial charge in [-0.05, 0) is 42.3 Å². The van der Waals surface area contributed by atoms with E-state index in [-0.39, 0.29) is 11.1 Å². The molecule has 0 unspecified atom stereocenters. The van der Waals surface area contributed by atoms with Crippen LogP contribution in [0.1, 0.15) is 56.2 Å². The second kappa shape index (κ2) is 9.15. The molecule has 180 valence electrons. The van der Waals surface area contributed by atoms with Gasteiger partial charge in [0.05, 0.1) is 23.7 Å². The Morgan fingerprint density at radius 2 is 1.56 bits per heavy atom. The van der Waals surface area contributed by atoms with E-state index in [9.17, 15) is 35.9 Å². The van der Waals surface area contributed by atoms with Crippen LogP contribution in [0.15, 0.2) is 48.5 Å². The summed E-state index contributed by atoms with van der Waals surface area (Å²) in [5.41, 5.74) is -2.91. The van der Waals surface area contributed by atoms with Crippen LogP contribution in [0.5, 0.6) is 0 Å². The molecule has 1 amide bonds. The molecule has 1 heterocycles. The smallest absolute Gasteiger partial charge is 0.435 e. The highest BCUT2D eigenvalue weighted by Crippen LogP contribution is 2.32. The number of aromatic nitrogens is 3. The number of carbonyl (C=O) groups is 2. The van der Waals surface area contributed by atoms with E-state index in [1.54, 1.807) is 0 Å². The summed E-state index contributed by atoms with van der Waals surface area (Å²) in [6, 6.07) is 8.04. The number of halogens is 6. The predicted octanol–water partition coefficient (Wildman–Crippen LogP) is 4.55. The number of benzene rings is 2. The number of amides is 1. The molecule has 34 heavy (non-hydrogen) atoms. The average Bonchev–Trinajstić information content (AvgIpc) is 3.18. The fourth-order valence-corrected chi connectivity index (χ4v) is 3.09. The lowest BCUT2D eigenvalue weighted by molar-refractivity contribution is -0.144. The predicted molar refractivity (Wildman–Crippen MR) is 105 cm³/mol. The Balaban J connectivity index is 1.83. The largest absolute Gasteiger partial charge is 0.478 e. The van der Waals surface area contributed by atoms with E-state index in [0.29, 0.717) is 10.2 Å². The molecule has 0 spiro atoms. The summed E-state index contributed by atoms with van der Waals surface area (Å²) < 4.78 is 79.6. The molecule has 0 aliphatic carbocycles. The number of carbonyl (C=O) groups excluding carboxylic acids is 1. The number of rotatable bonds is 6. The van der Waals surface area contributed by atoms with E-state index in [1.807, 2.05) is 0 Å². The molecule has 13 heteroatoms. The zero-order valence-corrected chi connectivity index (χ0v) is 17.3. The maximum Gasteiger partial charge on any atom is 0.435 e. The van der Waals surface area contributed by atoms with Crippen LogP contribution in [0.25, 0.3) is 0 Å². The number of nitrogens with one attached hydrogen (secondary N) is 1. The zero-order valence-electron chi connectivity index (χ0n) is 17.3. The van der Waals surface area contributed by atoms with Crippen molar-refractivity contribution in [3.63, 3.8) is 0 Å². The fourth-order valence-electron chi connectivity index (χ4n) is 3.09. The van der Waals surface area contributed by atoms with Gasteiger partial charge in [-0.2, -0.15) is 26.3 Å². The summed E-state index contributed by atoms with van der Waals surface area (Å²) in [7, 11) is 0. The molecule has 0 saturated heterocycles. The summed E-state index contributed by atoms with van der Waals surface area (Å²) in [5.74, 6) is -2.34. The first kappa shape index (κ1) is 24.7. The second-order valence-corrected chi connectivity index (χ2v) is 7.26. The first-order chi connectivity index (χ1) is 15.8. The summed E-state index contributed by atoms with van der Waals surface area (Å²) in [6.45, 7) is 0.910. The molecule has 1 atom stereocenters. The van der Waals surface area contributed by atoms with E-state index < -0.39 is 53.8 Å². The van der Waals surface area contributed by atoms with Crippen LogP contribution in [0.4, 0.5) is 26.3 Å². The monoisotopic (exact) mass is 486 g/mol. The first-order valence-corrected chi connectivity index (χ1v) is 9.58. The maximum atomic E-state index is 13.7. The van der Waals surface area contributed by atoms with Crippen LogP contribution in [-0.2, 0) is 18.9 Å². The molecule has 2 aromatic carbocycles. The van der Waals surface area contributed by atoms with Crippen molar-refractivity contribution in [2.24, 2.45) is 0 Å². The van der Waals surface area contributed by atoms with Crippen molar-refractivity contribution in [3.05, 3.63) is 82.2 Å². The van der Waals surface area contributed by atoms with Gasteiger partial charge in [0.25, 0.3) is 5.91 Å². The molecular weight excluding hydrogens is 470 g/mol. The molecule has 3 rings (SSSR count). The minimum Gasteiger partial charge on any atom is -0.478 e. The molecule has 3 aromatic rings. The standard InChI is InChI=1S/C21H16F6N4O3/c1-11(13-4-6-14(7-5-13)19(33)34)28-18(32)16-17(21(25,26)27)31(30-29-16)10-12-2-8-15(9-3-12)20(22,23)24/h2-9,11H,10H2,1H3,(H,28,32)(H,33,34)/t11-/m0/s1. The number of carboxylic acid groups (broad SMARTS) is 1. The van der Waals surface area contributed by atoms with Crippen molar-refractivity contribution in [2.75, 3.05) is 0 Å². The molecule has 1 aromatic heterocycles. The summed E-state index contributed by atoms with van der Waals surface area (Å²) in [5, 5.41) is 18.0. The number of aromatic carboxylic acids is 1. The van der Waals surface area contributed by atoms with Crippen molar-refractivity contribution < 1.29 is 41.0 Å². The molecule has 0 fully saturated rings.